The highest BCUT2D eigenvalue weighted by Crippen LogP contribution is 2.22. The summed E-state index contributed by atoms with van der Waals surface area (Å²) < 4.78 is 18.3. The normalized spacial score (nSPS) is 10.4. The second-order valence-corrected chi connectivity index (χ2v) is 5.81. The molecule has 0 bridgehead atoms. The standard InChI is InChI=1S/C16H14ClFO2S/c1-20-16-7-6-13(18)8-14(16)15(19)10-21-9-11-2-4-12(17)5-3-11/h2-8H,9-10H2,1H3. The number of carbonyl (C=O) groups excluding carboxylic acids is 1. The molecule has 110 valence electrons. The van der Waals surface area contributed by atoms with Crippen molar-refractivity contribution in [3.63, 3.8) is 0 Å². The monoisotopic (exact) mass is 324 g/mol. The molecular formula is C16H14ClFO2S. The quantitative estimate of drug-likeness (QED) is 0.726. The number of hydrogen-bond donors (Lipinski definition) is 0. The fourth-order valence-corrected chi connectivity index (χ4v) is 2.82. The maximum absolute atomic E-state index is 13.2. The number of halogens is 2. The number of methoxy groups -OCH3 is 1. The van der Waals surface area contributed by atoms with Gasteiger partial charge in [-0.3, -0.25) is 4.79 Å². The lowest BCUT2D eigenvalue weighted by Gasteiger charge is -2.07. The molecule has 5 heteroatoms. The van der Waals surface area contributed by atoms with Crippen molar-refractivity contribution in [2.75, 3.05) is 12.9 Å². The van der Waals surface area contributed by atoms with E-state index in [-0.39, 0.29) is 17.1 Å². The predicted octanol–water partition coefficient (Wildman–Crippen LogP) is 4.60. The van der Waals surface area contributed by atoms with Crippen LogP contribution in [0.25, 0.3) is 0 Å². The number of rotatable bonds is 6. The maximum atomic E-state index is 13.2. The van der Waals surface area contributed by atoms with E-state index in [4.69, 9.17) is 16.3 Å². The third-order valence-corrected chi connectivity index (χ3v) is 4.13. The van der Waals surface area contributed by atoms with E-state index < -0.39 is 5.82 Å². The van der Waals surface area contributed by atoms with Crippen molar-refractivity contribution in [1.29, 1.82) is 0 Å². The Kier molecular flexibility index (Phi) is 5.65. The van der Waals surface area contributed by atoms with Crippen LogP contribution >= 0.6 is 23.4 Å². The Labute approximate surface area is 132 Å². The van der Waals surface area contributed by atoms with Crippen LogP contribution in [0.5, 0.6) is 5.75 Å². The minimum absolute atomic E-state index is 0.148. The van der Waals surface area contributed by atoms with Crippen LogP contribution in [0.1, 0.15) is 15.9 Å². The maximum Gasteiger partial charge on any atom is 0.176 e. The Morgan fingerprint density at radius 2 is 1.95 bits per heavy atom. The summed E-state index contributed by atoms with van der Waals surface area (Å²) in [5.41, 5.74) is 1.37. The fourth-order valence-electron chi connectivity index (χ4n) is 1.82. The molecule has 0 radical (unpaired) electrons. The smallest absolute Gasteiger partial charge is 0.176 e. The summed E-state index contributed by atoms with van der Waals surface area (Å²) in [4.78, 5) is 12.1. The van der Waals surface area contributed by atoms with Crippen LogP contribution in [0.15, 0.2) is 42.5 Å². The third-order valence-electron chi connectivity index (χ3n) is 2.88. The van der Waals surface area contributed by atoms with Crippen LogP contribution in [0.3, 0.4) is 0 Å². The Bertz CT molecular complexity index is 629. The van der Waals surface area contributed by atoms with Crippen LogP contribution in [0, 0.1) is 5.82 Å². The molecule has 0 heterocycles. The Balaban J connectivity index is 1.95. The van der Waals surface area contributed by atoms with Crippen molar-refractivity contribution in [2.24, 2.45) is 0 Å². The van der Waals surface area contributed by atoms with E-state index in [9.17, 15) is 9.18 Å². The number of Topliss-reactive ketones (excluding diaryl/α,β-unsaturated/α-hetero) is 1. The topological polar surface area (TPSA) is 26.3 Å². The van der Waals surface area contributed by atoms with E-state index in [1.54, 1.807) is 0 Å². The van der Waals surface area contributed by atoms with Gasteiger partial charge in [0.25, 0.3) is 0 Å². The van der Waals surface area contributed by atoms with Crippen LogP contribution in [-0.2, 0) is 5.75 Å². The predicted molar refractivity (Wildman–Crippen MR) is 84.9 cm³/mol. The first-order chi connectivity index (χ1) is 10.1. The van der Waals surface area contributed by atoms with E-state index in [1.165, 1.54) is 37.1 Å². The van der Waals surface area contributed by atoms with Gasteiger partial charge >= 0.3 is 0 Å². The third kappa shape index (κ3) is 4.48. The molecule has 0 amide bonds. The van der Waals surface area contributed by atoms with E-state index in [0.717, 1.165) is 5.56 Å². The molecule has 0 spiro atoms. The zero-order valence-electron chi connectivity index (χ0n) is 11.4. The average Bonchev–Trinajstić information content (AvgIpc) is 2.49. The molecular weight excluding hydrogens is 311 g/mol. The number of benzene rings is 2. The highest BCUT2D eigenvalue weighted by Gasteiger charge is 2.13. The highest BCUT2D eigenvalue weighted by molar-refractivity contribution is 7.99. The molecule has 0 saturated carbocycles. The molecule has 0 unspecified atom stereocenters. The Morgan fingerprint density at radius 3 is 2.62 bits per heavy atom. The molecule has 0 fully saturated rings. The van der Waals surface area contributed by atoms with Crippen LogP contribution in [0.2, 0.25) is 5.02 Å². The second-order valence-electron chi connectivity index (χ2n) is 4.39. The van der Waals surface area contributed by atoms with E-state index >= 15 is 0 Å². The van der Waals surface area contributed by atoms with Crippen molar-refractivity contribution in [3.8, 4) is 5.75 Å². The minimum atomic E-state index is -0.443. The van der Waals surface area contributed by atoms with Gasteiger partial charge in [0.15, 0.2) is 5.78 Å². The van der Waals surface area contributed by atoms with Gasteiger partial charge in [0.1, 0.15) is 11.6 Å². The molecule has 2 nitrogen and oxygen atoms in total. The van der Waals surface area contributed by atoms with E-state index in [2.05, 4.69) is 0 Å². The second kappa shape index (κ2) is 7.48. The molecule has 2 aromatic carbocycles. The average molecular weight is 325 g/mol. The van der Waals surface area contributed by atoms with Crippen molar-refractivity contribution in [1.82, 2.24) is 0 Å². The molecule has 0 N–H and O–H groups in total. The molecule has 0 aliphatic carbocycles. The van der Waals surface area contributed by atoms with Gasteiger partial charge in [-0.1, -0.05) is 23.7 Å². The van der Waals surface area contributed by atoms with Gasteiger partial charge in [-0.25, -0.2) is 4.39 Å². The molecule has 2 rings (SSSR count). The van der Waals surface area contributed by atoms with Crippen molar-refractivity contribution >= 4 is 29.1 Å². The lowest BCUT2D eigenvalue weighted by atomic mass is 10.1. The zero-order chi connectivity index (χ0) is 15.2. The van der Waals surface area contributed by atoms with E-state index in [1.807, 2.05) is 24.3 Å². The van der Waals surface area contributed by atoms with Crippen molar-refractivity contribution in [3.05, 3.63) is 64.4 Å². The first kappa shape index (κ1) is 15.9. The molecule has 0 atom stereocenters. The van der Waals surface area contributed by atoms with Gasteiger partial charge in [-0.15, -0.1) is 11.8 Å². The summed E-state index contributed by atoms with van der Waals surface area (Å²) in [5, 5.41) is 0.685. The van der Waals surface area contributed by atoms with Crippen molar-refractivity contribution in [2.45, 2.75) is 5.75 Å². The summed E-state index contributed by atoms with van der Waals surface area (Å²) in [6, 6.07) is 11.4. The number of carbonyl (C=O) groups is 1. The molecule has 2 aromatic rings. The molecule has 0 aliphatic heterocycles. The number of ether oxygens (including phenoxy) is 1. The Hall–Kier alpha value is -1.52. The number of ketones is 1. The van der Waals surface area contributed by atoms with Gasteiger partial charge in [0.05, 0.1) is 18.4 Å². The SMILES string of the molecule is COc1ccc(F)cc1C(=O)CSCc1ccc(Cl)cc1. The summed E-state index contributed by atoms with van der Waals surface area (Å²) >= 11 is 7.28. The fraction of sp³-hybridized carbons (Fsp3) is 0.188. The van der Waals surface area contributed by atoms with Crippen LogP contribution < -0.4 is 4.74 Å². The summed E-state index contributed by atoms with van der Waals surface area (Å²) in [7, 11) is 1.46. The zero-order valence-corrected chi connectivity index (χ0v) is 13.0. The van der Waals surface area contributed by atoms with Gasteiger partial charge in [-0.05, 0) is 35.9 Å². The molecule has 0 aliphatic rings. The lowest BCUT2D eigenvalue weighted by molar-refractivity contribution is 0.101. The van der Waals surface area contributed by atoms with Gasteiger partial charge in [0.2, 0.25) is 0 Å². The lowest BCUT2D eigenvalue weighted by Crippen LogP contribution is -2.06. The summed E-state index contributed by atoms with van der Waals surface area (Å²) in [6.45, 7) is 0. The van der Waals surface area contributed by atoms with Gasteiger partial charge < -0.3 is 4.74 Å². The van der Waals surface area contributed by atoms with Crippen LogP contribution in [-0.4, -0.2) is 18.6 Å². The number of thioether (sulfide) groups is 1. The first-order valence-electron chi connectivity index (χ1n) is 6.29. The summed E-state index contributed by atoms with van der Waals surface area (Å²) in [5.74, 6) is 0.767. The largest absolute Gasteiger partial charge is 0.496 e. The van der Waals surface area contributed by atoms with Crippen LogP contribution in [0.4, 0.5) is 4.39 Å². The first-order valence-corrected chi connectivity index (χ1v) is 7.82. The van der Waals surface area contributed by atoms with Gasteiger partial charge in [0, 0.05) is 10.8 Å². The summed E-state index contributed by atoms with van der Waals surface area (Å²) in [6.07, 6.45) is 0. The molecule has 0 saturated heterocycles. The van der Waals surface area contributed by atoms with E-state index in [0.29, 0.717) is 16.5 Å². The Morgan fingerprint density at radius 1 is 1.24 bits per heavy atom. The highest BCUT2D eigenvalue weighted by atomic mass is 35.5. The molecule has 0 aromatic heterocycles. The minimum Gasteiger partial charge on any atom is -0.496 e. The number of hydrogen-bond acceptors (Lipinski definition) is 3. The van der Waals surface area contributed by atoms with Crippen molar-refractivity contribution < 1.29 is 13.9 Å². The molecule has 21 heavy (non-hydrogen) atoms. The van der Waals surface area contributed by atoms with Gasteiger partial charge in [-0.2, -0.15) is 0 Å².